The number of amides is 3. The Morgan fingerprint density at radius 2 is 2.20 bits per heavy atom. The van der Waals surface area contributed by atoms with Crippen LogP contribution >= 0.6 is 11.8 Å². The predicted molar refractivity (Wildman–Crippen MR) is 69.9 cm³/mol. The van der Waals surface area contributed by atoms with Gasteiger partial charge in [0.15, 0.2) is 5.76 Å². The molecule has 0 fully saturated rings. The highest BCUT2D eigenvalue weighted by Gasteiger charge is 2.20. The molecule has 0 bridgehead atoms. The van der Waals surface area contributed by atoms with Crippen molar-refractivity contribution in [3.8, 4) is 11.7 Å². The first kappa shape index (κ1) is 14.1. The van der Waals surface area contributed by atoms with Crippen molar-refractivity contribution in [2.24, 2.45) is 0 Å². The van der Waals surface area contributed by atoms with Crippen LogP contribution in [0.2, 0.25) is 0 Å². The lowest BCUT2D eigenvalue weighted by atomic mass is 10.4. The van der Waals surface area contributed by atoms with Gasteiger partial charge in [0.05, 0.1) is 11.5 Å². The summed E-state index contributed by atoms with van der Waals surface area (Å²) < 4.78 is 10.5. The third kappa shape index (κ3) is 3.38. The van der Waals surface area contributed by atoms with Crippen LogP contribution in [-0.2, 0) is 4.79 Å². The number of hydrogen-bond acceptors (Lipinski definition) is 7. The van der Waals surface area contributed by atoms with E-state index in [1.807, 2.05) is 0 Å². The molecule has 2 N–H and O–H groups in total. The Balaban J connectivity index is 1.96. The van der Waals surface area contributed by atoms with E-state index in [1.165, 1.54) is 13.3 Å². The summed E-state index contributed by atoms with van der Waals surface area (Å²) in [6.07, 6.45) is 1.49. The number of carbonyl (C=O) groups excluding carboxylic acids is 2. The van der Waals surface area contributed by atoms with Crippen molar-refractivity contribution in [3.05, 3.63) is 18.4 Å². The Hall–Kier alpha value is -2.29. The molecule has 2 rings (SSSR count). The average Bonchev–Trinajstić information content (AvgIpc) is 3.08. The minimum Gasteiger partial charge on any atom is -0.459 e. The number of furan rings is 1. The van der Waals surface area contributed by atoms with Crippen LogP contribution in [0.4, 0.5) is 4.79 Å². The third-order valence-electron chi connectivity index (χ3n) is 2.25. The predicted octanol–water partition coefficient (Wildman–Crippen LogP) is 1.27. The quantitative estimate of drug-likeness (QED) is 0.817. The first-order valence-electron chi connectivity index (χ1n) is 5.66. The van der Waals surface area contributed by atoms with E-state index in [9.17, 15) is 9.59 Å². The van der Waals surface area contributed by atoms with Crippen LogP contribution < -0.4 is 10.6 Å². The molecule has 0 spiro atoms. The van der Waals surface area contributed by atoms with Gasteiger partial charge in [0.25, 0.3) is 11.1 Å². The number of carbonyl (C=O) groups is 2. The molecule has 0 aliphatic carbocycles. The van der Waals surface area contributed by atoms with Gasteiger partial charge in [-0.1, -0.05) is 11.8 Å². The van der Waals surface area contributed by atoms with Crippen molar-refractivity contribution in [1.82, 2.24) is 20.8 Å². The molecule has 0 aliphatic heterocycles. The number of rotatable bonds is 4. The van der Waals surface area contributed by atoms with Gasteiger partial charge in [-0.05, 0) is 19.1 Å². The van der Waals surface area contributed by atoms with Crippen LogP contribution in [0.15, 0.2) is 32.5 Å². The van der Waals surface area contributed by atoms with Crippen LogP contribution in [-0.4, -0.2) is 34.4 Å². The number of imide groups is 1. The van der Waals surface area contributed by atoms with Gasteiger partial charge in [0.1, 0.15) is 0 Å². The van der Waals surface area contributed by atoms with Crippen LogP contribution in [0.5, 0.6) is 0 Å². The van der Waals surface area contributed by atoms with Gasteiger partial charge < -0.3 is 14.2 Å². The summed E-state index contributed by atoms with van der Waals surface area (Å²) in [5.74, 6) is 0.232. The standard InChI is InChI=1S/C11H12N4O4S/c1-6(8(16)13-10(17)12-2)20-11-15-14-9(19-11)7-4-3-5-18-7/h3-6H,1-2H3,(H2,12,13,16,17)/t6-/m0/s1. The molecule has 0 saturated heterocycles. The average molecular weight is 296 g/mol. The number of aromatic nitrogens is 2. The number of hydrogen-bond donors (Lipinski definition) is 2. The van der Waals surface area contributed by atoms with Gasteiger partial charge in [-0.2, -0.15) is 0 Å². The molecule has 2 aromatic heterocycles. The van der Waals surface area contributed by atoms with E-state index >= 15 is 0 Å². The number of urea groups is 1. The maximum absolute atomic E-state index is 11.7. The van der Waals surface area contributed by atoms with E-state index in [0.717, 1.165) is 11.8 Å². The van der Waals surface area contributed by atoms with Crippen LogP contribution in [0.3, 0.4) is 0 Å². The SMILES string of the molecule is CNC(=O)NC(=O)[C@H](C)Sc1nnc(-c2ccco2)o1. The van der Waals surface area contributed by atoms with E-state index in [0.29, 0.717) is 5.76 Å². The monoisotopic (exact) mass is 296 g/mol. The number of thioether (sulfide) groups is 1. The zero-order chi connectivity index (χ0) is 14.5. The third-order valence-corrected chi connectivity index (χ3v) is 3.18. The molecular formula is C11H12N4O4S. The van der Waals surface area contributed by atoms with Gasteiger partial charge in [0, 0.05) is 7.05 Å². The highest BCUT2D eigenvalue weighted by Crippen LogP contribution is 2.26. The van der Waals surface area contributed by atoms with Crippen LogP contribution in [0.25, 0.3) is 11.7 Å². The van der Waals surface area contributed by atoms with E-state index in [-0.39, 0.29) is 11.1 Å². The maximum atomic E-state index is 11.7. The second-order valence-electron chi connectivity index (χ2n) is 3.68. The Labute approximate surface area is 118 Å². The molecule has 0 radical (unpaired) electrons. The molecule has 0 aromatic carbocycles. The maximum Gasteiger partial charge on any atom is 0.321 e. The zero-order valence-corrected chi connectivity index (χ0v) is 11.6. The summed E-state index contributed by atoms with van der Waals surface area (Å²) in [5.41, 5.74) is 0. The van der Waals surface area contributed by atoms with Crippen molar-refractivity contribution >= 4 is 23.7 Å². The molecule has 0 saturated carbocycles. The Morgan fingerprint density at radius 3 is 2.85 bits per heavy atom. The van der Waals surface area contributed by atoms with E-state index < -0.39 is 17.2 Å². The first-order valence-corrected chi connectivity index (χ1v) is 6.54. The Morgan fingerprint density at radius 1 is 1.40 bits per heavy atom. The van der Waals surface area contributed by atoms with Crippen molar-refractivity contribution in [3.63, 3.8) is 0 Å². The molecule has 2 aromatic rings. The summed E-state index contributed by atoms with van der Waals surface area (Å²) >= 11 is 1.05. The number of nitrogens with zero attached hydrogens (tertiary/aromatic N) is 2. The zero-order valence-electron chi connectivity index (χ0n) is 10.7. The van der Waals surface area contributed by atoms with Crippen molar-refractivity contribution < 1.29 is 18.4 Å². The number of nitrogens with one attached hydrogen (secondary N) is 2. The highest BCUT2D eigenvalue weighted by atomic mass is 32.2. The van der Waals surface area contributed by atoms with Gasteiger partial charge in [-0.3, -0.25) is 10.1 Å². The van der Waals surface area contributed by atoms with Gasteiger partial charge in [-0.25, -0.2) is 4.79 Å². The molecule has 8 nitrogen and oxygen atoms in total. The molecule has 1 atom stereocenters. The Kier molecular flexibility index (Phi) is 4.41. The van der Waals surface area contributed by atoms with Crippen LogP contribution in [0.1, 0.15) is 6.92 Å². The molecule has 0 unspecified atom stereocenters. The molecule has 2 heterocycles. The Bertz CT molecular complexity index is 595. The van der Waals surface area contributed by atoms with Crippen molar-refractivity contribution in [1.29, 1.82) is 0 Å². The lowest BCUT2D eigenvalue weighted by Crippen LogP contribution is -2.41. The van der Waals surface area contributed by atoms with Crippen LogP contribution in [0, 0.1) is 0 Å². The minimum atomic E-state index is -0.566. The molecule has 0 aliphatic rings. The molecule has 20 heavy (non-hydrogen) atoms. The lowest BCUT2D eigenvalue weighted by molar-refractivity contribution is -0.119. The second-order valence-corrected chi connectivity index (χ2v) is 4.97. The fourth-order valence-corrected chi connectivity index (χ4v) is 1.92. The molecule has 3 amide bonds. The molecular weight excluding hydrogens is 284 g/mol. The smallest absolute Gasteiger partial charge is 0.321 e. The second kappa shape index (κ2) is 6.24. The largest absolute Gasteiger partial charge is 0.459 e. The summed E-state index contributed by atoms with van der Waals surface area (Å²) in [5, 5.41) is 11.7. The highest BCUT2D eigenvalue weighted by molar-refractivity contribution is 8.00. The fourth-order valence-electron chi connectivity index (χ4n) is 1.24. The topological polar surface area (TPSA) is 110 Å². The summed E-state index contributed by atoms with van der Waals surface area (Å²) in [7, 11) is 1.42. The molecule has 9 heteroatoms. The van der Waals surface area contributed by atoms with Gasteiger partial charge in [-0.15, -0.1) is 10.2 Å². The minimum absolute atomic E-state index is 0.218. The van der Waals surface area contributed by atoms with Gasteiger partial charge in [0.2, 0.25) is 5.91 Å². The van der Waals surface area contributed by atoms with Crippen molar-refractivity contribution in [2.75, 3.05) is 7.05 Å². The van der Waals surface area contributed by atoms with E-state index in [2.05, 4.69) is 20.8 Å². The van der Waals surface area contributed by atoms with E-state index in [1.54, 1.807) is 19.1 Å². The molecule has 106 valence electrons. The lowest BCUT2D eigenvalue weighted by Gasteiger charge is -2.07. The summed E-state index contributed by atoms with van der Waals surface area (Å²) in [4.78, 5) is 22.7. The summed E-state index contributed by atoms with van der Waals surface area (Å²) in [6, 6.07) is 2.82. The normalized spacial score (nSPS) is 11.9. The van der Waals surface area contributed by atoms with E-state index in [4.69, 9.17) is 8.83 Å². The van der Waals surface area contributed by atoms with Gasteiger partial charge >= 0.3 is 6.03 Å². The first-order chi connectivity index (χ1) is 9.60. The van der Waals surface area contributed by atoms with Crippen molar-refractivity contribution in [2.45, 2.75) is 17.4 Å². The fraction of sp³-hybridized carbons (Fsp3) is 0.273. The summed E-state index contributed by atoms with van der Waals surface area (Å²) in [6.45, 7) is 1.62.